The minimum Gasteiger partial charge on any atom is -0.450 e. The number of rotatable bonds is 14. The van der Waals surface area contributed by atoms with Crippen LogP contribution in [0, 0.1) is 11.8 Å². The average molecular weight is 758 g/mol. The molecule has 3 aliphatic rings. The predicted octanol–water partition coefficient (Wildman–Crippen LogP) is 7.82. The first-order chi connectivity index (χ1) is 25.8. The SMILES string of the molecule is C1CCCCC1.C=C[C@H](C)C(C(=O)NSC1CC1)C1CCCN1C(=O)CNC(=O)OCCCCCc1ccc2cc[nH]c(=O)c2c1.CC.CC.NC=O. The lowest BCUT2D eigenvalue weighted by Crippen LogP contribution is -2.50. The van der Waals surface area contributed by atoms with E-state index in [0.717, 1.165) is 55.9 Å². The summed E-state index contributed by atoms with van der Waals surface area (Å²) in [6, 6.07) is 7.59. The zero-order valence-corrected chi connectivity index (χ0v) is 33.8. The number of hydrogen-bond donors (Lipinski definition) is 4. The first kappa shape index (κ1) is 47.2. The number of primary amides is 1. The lowest BCUT2D eigenvalue weighted by molar-refractivity contribution is -0.135. The number of amides is 4. The number of unbranched alkanes of at least 4 members (excludes halogenated alkanes) is 2. The number of carbonyl (C=O) groups excluding carboxylic acids is 4. The largest absolute Gasteiger partial charge is 0.450 e. The molecule has 1 saturated heterocycles. The number of nitrogens with one attached hydrogen (secondary N) is 3. The molecule has 53 heavy (non-hydrogen) atoms. The highest BCUT2D eigenvalue weighted by atomic mass is 32.2. The number of aromatic nitrogens is 1. The van der Waals surface area contributed by atoms with E-state index < -0.39 is 6.09 Å². The van der Waals surface area contributed by atoms with Crippen molar-refractivity contribution in [3.63, 3.8) is 0 Å². The van der Waals surface area contributed by atoms with Crippen LogP contribution in [0.1, 0.15) is 124 Å². The van der Waals surface area contributed by atoms with Crippen molar-refractivity contribution in [2.24, 2.45) is 17.6 Å². The van der Waals surface area contributed by atoms with Crippen LogP contribution in [-0.4, -0.2) is 65.2 Å². The van der Waals surface area contributed by atoms with Gasteiger partial charge in [-0.15, -0.1) is 6.58 Å². The van der Waals surface area contributed by atoms with E-state index in [9.17, 15) is 19.2 Å². The lowest BCUT2D eigenvalue weighted by Gasteiger charge is -2.33. The van der Waals surface area contributed by atoms with Crippen LogP contribution >= 0.6 is 11.9 Å². The van der Waals surface area contributed by atoms with Crippen LogP contribution in [0.25, 0.3) is 10.8 Å². The van der Waals surface area contributed by atoms with E-state index in [1.807, 2.05) is 58.9 Å². The molecule has 3 atom stereocenters. The van der Waals surface area contributed by atoms with Crippen molar-refractivity contribution in [3.05, 3.63) is 59.0 Å². The number of H-pyrrole nitrogens is 1. The van der Waals surface area contributed by atoms with E-state index in [0.29, 0.717) is 23.6 Å². The maximum absolute atomic E-state index is 13.0. The van der Waals surface area contributed by atoms with Crippen molar-refractivity contribution in [1.82, 2.24) is 19.9 Å². The molecule has 1 aliphatic heterocycles. The van der Waals surface area contributed by atoms with Gasteiger partial charge in [-0.1, -0.05) is 91.4 Å². The Morgan fingerprint density at radius 1 is 1.00 bits per heavy atom. The van der Waals surface area contributed by atoms with Crippen LogP contribution in [0.3, 0.4) is 0 Å². The minimum absolute atomic E-state index is 0.0596. The Kier molecular flexibility index (Phi) is 25.5. The third-order valence-corrected chi connectivity index (χ3v) is 10.3. The molecule has 1 aromatic heterocycles. The smallest absolute Gasteiger partial charge is 0.407 e. The van der Waals surface area contributed by atoms with Crippen molar-refractivity contribution < 1.29 is 23.9 Å². The van der Waals surface area contributed by atoms with E-state index in [1.54, 1.807) is 17.2 Å². The molecule has 2 aliphatic carbocycles. The second-order valence-corrected chi connectivity index (χ2v) is 14.1. The number of alkyl carbamates (subject to hydrolysis) is 1. The first-order valence-electron chi connectivity index (χ1n) is 19.8. The van der Waals surface area contributed by atoms with Crippen molar-refractivity contribution in [1.29, 1.82) is 0 Å². The Bertz CT molecular complexity index is 1400. The summed E-state index contributed by atoms with van der Waals surface area (Å²) < 4.78 is 8.25. The van der Waals surface area contributed by atoms with Gasteiger partial charge in [0.2, 0.25) is 18.2 Å². The number of benzene rings is 1. The molecular weight excluding hydrogens is 691 g/mol. The maximum atomic E-state index is 13.0. The number of likely N-dealkylation sites (tertiary alicyclic amines) is 1. The molecule has 5 N–H and O–H groups in total. The molecule has 2 saturated carbocycles. The van der Waals surface area contributed by atoms with Gasteiger partial charge < -0.3 is 25.7 Å². The van der Waals surface area contributed by atoms with Gasteiger partial charge in [-0.3, -0.25) is 23.9 Å². The lowest BCUT2D eigenvalue weighted by atomic mass is 9.85. The third-order valence-electron chi connectivity index (χ3n) is 9.19. The van der Waals surface area contributed by atoms with E-state index in [-0.39, 0.29) is 54.8 Å². The monoisotopic (exact) mass is 757 g/mol. The van der Waals surface area contributed by atoms with E-state index in [1.165, 1.54) is 50.5 Å². The van der Waals surface area contributed by atoms with Crippen LogP contribution in [0.5, 0.6) is 0 Å². The van der Waals surface area contributed by atoms with Crippen molar-refractivity contribution in [3.8, 4) is 0 Å². The summed E-state index contributed by atoms with van der Waals surface area (Å²) in [6.07, 6.45) is 19.2. The fourth-order valence-corrected chi connectivity index (χ4v) is 7.09. The number of carbonyl (C=O) groups is 4. The summed E-state index contributed by atoms with van der Waals surface area (Å²) in [6.45, 7) is 14.5. The predicted molar refractivity (Wildman–Crippen MR) is 218 cm³/mol. The summed E-state index contributed by atoms with van der Waals surface area (Å²) >= 11 is 1.48. The Labute approximate surface area is 322 Å². The second kappa shape index (κ2) is 28.7. The van der Waals surface area contributed by atoms with Gasteiger partial charge in [-0.05, 0) is 92.3 Å². The molecule has 0 radical (unpaired) electrons. The standard InChI is InChI=1S/C30H40N4O5S.C6H12.2C2H6.CH3NO/c1-3-20(2)27(29(37)33-40-23-12-13-23)25-9-7-16-34(25)26(35)19-32-30(38)39-17-6-4-5-8-21-10-11-22-14-15-31-28(36)24(22)18-21;1-2-4-6-5-3-1;2*1-2;2-1-3/h3,10-11,14-15,18,20,23,25,27H,1,4-9,12-13,16-17,19H2,2H3,(H,31,36)(H,32,38)(H,33,37);1-6H2;2*1-2H3;1H,(H2,2,3)/t20-,25?,27?;;;;/m0..../s1. The molecule has 2 heterocycles. The number of aromatic amines is 1. The summed E-state index contributed by atoms with van der Waals surface area (Å²) in [7, 11) is 0. The number of fused-ring (bicyclic) bond motifs is 1. The van der Waals surface area contributed by atoms with Crippen LogP contribution in [0.15, 0.2) is 47.9 Å². The second-order valence-electron chi connectivity index (χ2n) is 13.0. The molecule has 2 unspecified atom stereocenters. The number of nitrogens with two attached hydrogens (primary N) is 1. The van der Waals surface area contributed by atoms with Gasteiger partial charge in [0, 0.05) is 29.4 Å². The van der Waals surface area contributed by atoms with Crippen LogP contribution < -0.4 is 21.3 Å². The van der Waals surface area contributed by atoms with Gasteiger partial charge in [-0.2, -0.15) is 0 Å². The summed E-state index contributed by atoms with van der Waals surface area (Å²) in [5, 5.41) is 4.68. The quantitative estimate of drug-likeness (QED) is 0.0661. The van der Waals surface area contributed by atoms with Crippen molar-refractivity contribution in [2.75, 3.05) is 19.7 Å². The molecule has 0 spiro atoms. The normalized spacial score (nSPS) is 16.9. The summed E-state index contributed by atoms with van der Waals surface area (Å²) in [5.74, 6) is -0.731. The fraction of sp³-hybridized carbons (Fsp3) is 0.634. The van der Waals surface area contributed by atoms with E-state index in [2.05, 4.69) is 27.3 Å². The van der Waals surface area contributed by atoms with Gasteiger partial charge in [0.25, 0.3) is 5.56 Å². The fourth-order valence-electron chi connectivity index (χ4n) is 6.30. The zero-order valence-electron chi connectivity index (χ0n) is 33.0. The third kappa shape index (κ3) is 18.2. The first-order valence-corrected chi connectivity index (χ1v) is 20.7. The Morgan fingerprint density at radius 2 is 1.64 bits per heavy atom. The Hall–Kier alpha value is -3.80. The molecule has 4 amide bonds. The van der Waals surface area contributed by atoms with Crippen molar-refractivity contribution in [2.45, 2.75) is 136 Å². The minimum atomic E-state index is -0.618. The molecule has 11 nitrogen and oxygen atoms in total. The number of aryl methyl sites for hydroxylation is 1. The highest BCUT2D eigenvalue weighted by Crippen LogP contribution is 2.34. The molecule has 2 aromatic rings. The van der Waals surface area contributed by atoms with Gasteiger partial charge in [0.1, 0.15) is 6.54 Å². The van der Waals surface area contributed by atoms with Gasteiger partial charge in [0.05, 0.1) is 12.5 Å². The molecule has 298 valence electrons. The van der Waals surface area contributed by atoms with Gasteiger partial charge >= 0.3 is 6.09 Å². The average Bonchev–Trinajstić information content (AvgIpc) is 3.91. The number of ether oxygens (including phenoxy) is 1. The number of allylic oxidation sites excluding steroid dienone is 1. The number of pyridine rings is 1. The zero-order chi connectivity index (χ0) is 39.4. The maximum Gasteiger partial charge on any atom is 0.407 e. The number of nitrogens with zero attached hydrogens (tertiary/aromatic N) is 1. The van der Waals surface area contributed by atoms with Crippen LogP contribution in [0.4, 0.5) is 4.79 Å². The molecule has 12 heteroatoms. The Balaban J connectivity index is 0.000000931. The van der Waals surface area contributed by atoms with Gasteiger partial charge in [0.15, 0.2) is 0 Å². The van der Waals surface area contributed by atoms with Crippen molar-refractivity contribution >= 4 is 47.0 Å². The molecule has 0 bridgehead atoms. The van der Waals surface area contributed by atoms with Crippen LogP contribution in [0.2, 0.25) is 0 Å². The van der Waals surface area contributed by atoms with Crippen LogP contribution in [-0.2, 0) is 25.5 Å². The van der Waals surface area contributed by atoms with Gasteiger partial charge in [-0.25, -0.2) is 4.79 Å². The highest BCUT2D eigenvalue weighted by Gasteiger charge is 2.41. The van der Waals surface area contributed by atoms with E-state index >= 15 is 0 Å². The Morgan fingerprint density at radius 3 is 2.25 bits per heavy atom. The number of hydrogen-bond acceptors (Lipinski definition) is 7. The summed E-state index contributed by atoms with van der Waals surface area (Å²) in [4.78, 5) is 63.2. The highest BCUT2D eigenvalue weighted by molar-refractivity contribution is 7.98. The molecule has 1 aromatic carbocycles. The molecule has 5 rings (SSSR count). The van der Waals surface area contributed by atoms with E-state index in [4.69, 9.17) is 9.53 Å². The molecular formula is C41H67N5O6S. The summed E-state index contributed by atoms with van der Waals surface area (Å²) in [5.41, 5.74) is 5.18. The molecule has 3 fully saturated rings. The topological polar surface area (TPSA) is 164 Å².